The molecule has 100 valence electrons. The van der Waals surface area contributed by atoms with Gasteiger partial charge in [-0.3, -0.25) is 4.79 Å². The van der Waals surface area contributed by atoms with Gasteiger partial charge in [0.15, 0.2) is 0 Å². The van der Waals surface area contributed by atoms with Crippen LogP contribution in [-0.2, 0) is 16.1 Å². The first-order chi connectivity index (χ1) is 8.65. The van der Waals surface area contributed by atoms with E-state index in [1.807, 2.05) is 0 Å². The molecule has 1 rings (SSSR count). The van der Waals surface area contributed by atoms with E-state index in [-0.39, 0.29) is 18.2 Å². The number of para-hydroxylation sites is 1. The normalized spacial score (nSPS) is 10.3. The highest BCUT2D eigenvalue weighted by Gasteiger charge is 2.05. The Bertz CT molecular complexity index is 399. The molecule has 0 radical (unpaired) electrons. The van der Waals surface area contributed by atoms with Gasteiger partial charge in [0.05, 0.1) is 18.2 Å². The number of phenolic OH excluding ortho intramolecular Hbond substituents is 1. The fraction of sp³-hybridized carbons (Fsp3) is 0.417. The molecule has 0 atom stereocenters. The molecule has 0 aliphatic rings. The smallest absolute Gasteiger partial charge is 0.234 e. The molecular weight excluding hydrogens is 256 g/mol. The Kier molecular flexibility index (Phi) is 6.49. The van der Waals surface area contributed by atoms with Crippen molar-refractivity contribution < 1.29 is 14.6 Å². The van der Waals surface area contributed by atoms with Crippen molar-refractivity contribution >= 4 is 17.5 Å². The highest BCUT2D eigenvalue weighted by Crippen LogP contribution is 2.26. The third kappa shape index (κ3) is 4.91. The molecule has 0 aromatic heterocycles. The summed E-state index contributed by atoms with van der Waals surface area (Å²) in [6.07, 6.45) is 0. The number of carbonyl (C=O) groups excluding carboxylic acids is 1. The Hall–Kier alpha value is -1.30. The first-order valence-corrected chi connectivity index (χ1v) is 5.95. The van der Waals surface area contributed by atoms with E-state index >= 15 is 0 Å². The lowest BCUT2D eigenvalue weighted by atomic mass is 10.2. The third-order valence-corrected chi connectivity index (χ3v) is 2.60. The van der Waals surface area contributed by atoms with Gasteiger partial charge in [-0.2, -0.15) is 0 Å². The minimum absolute atomic E-state index is 0.0476. The van der Waals surface area contributed by atoms with Gasteiger partial charge in [-0.1, -0.05) is 23.7 Å². The van der Waals surface area contributed by atoms with E-state index in [1.165, 1.54) is 0 Å². The molecule has 0 saturated carbocycles. The van der Waals surface area contributed by atoms with Gasteiger partial charge >= 0.3 is 0 Å². The number of aromatic hydroxyl groups is 1. The average molecular weight is 273 g/mol. The van der Waals surface area contributed by atoms with Crippen molar-refractivity contribution in [3.8, 4) is 5.75 Å². The number of rotatable bonds is 7. The molecule has 0 fully saturated rings. The van der Waals surface area contributed by atoms with Crippen LogP contribution in [0.15, 0.2) is 18.2 Å². The van der Waals surface area contributed by atoms with Crippen molar-refractivity contribution in [1.29, 1.82) is 0 Å². The second kappa shape index (κ2) is 7.92. The molecule has 5 nitrogen and oxygen atoms in total. The van der Waals surface area contributed by atoms with Gasteiger partial charge < -0.3 is 20.5 Å². The molecule has 18 heavy (non-hydrogen) atoms. The van der Waals surface area contributed by atoms with Crippen molar-refractivity contribution in [1.82, 2.24) is 10.6 Å². The summed E-state index contributed by atoms with van der Waals surface area (Å²) in [4.78, 5) is 11.3. The fourth-order valence-corrected chi connectivity index (χ4v) is 1.56. The minimum Gasteiger partial charge on any atom is -0.506 e. The molecule has 6 heteroatoms. The number of nitrogens with one attached hydrogen (secondary N) is 2. The molecule has 0 heterocycles. The zero-order chi connectivity index (χ0) is 13.4. The van der Waals surface area contributed by atoms with Gasteiger partial charge in [-0.15, -0.1) is 0 Å². The van der Waals surface area contributed by atoms with E-state index in [4.69, 9.17) is 16.3 Å². The summed E-state index contributed by atoms with van der Waals surface area (Å²) >= 11 is 5.77. The van der Waals surface area contributed by atoms with Gasteiger partial charge in [0.2, 0.25) is 5.91 Å². The summed E-state index contributed by atoms with van der Waals surface area (Å²) in [5.74, 6) is -0.0694. The average Bonchev–Trinajstić information content (AvgIpc) is 2.35. The maximum absolute atomic E-state index is 11.3. The summed E-state index contributed by atoms with van der Waals surface area (Å²) in [5, 5.41) is 15.6. The van der Waals surface area contributed by atoms with Crippen LogP contribution in [0.25, 0.3) is 0 Å². The third-order valence-electron chi connectivity index (χ3n) is 2.30. The van der Waals surface area contributed by atoms with Gasteiger partial charge in [0.25, 0.3) is 0 Å². The van der Waals surface area contributed by atoms with Crippen LogP contribution >= 0.6 is 11.6 Å². The monoisotopic (exact) mass is 272 g/mol. The van der Waals surface area contributed by atoms with Crippen LogP contribution in [0.2, 0.25) is 5.02 Å². The quantitative estimate of drug-likeness (QED) is 0.645. The summed E-state index contributed by atoms with van der Waals surface area (Å²) < 4.78 is 4.81. The van der Waals surface area contributed by atoms with E-state index in [0.717, 1.165) is 0 Å². The Morgan fingerprint density at radius 3 is 3.00 bits per heavy atom. The fourth-order valence-electron chi connectivity index (χ4n) is 1.37. The van der Waals surface area contributed by atoms with Crippen molar-refractivity contribution in [2.24, 2.45) is 0 Å². The lowest BCUT2D eigenvalue weighted by molar-refractivity contribution is -0.120. The van der Waals surface area contributed by atoms with E-state index in [0.29, 0.717) is 30.3 Å². The Morgan fingerprint density at radius 2 is 2.28 bits per heavy atom. The van der Waals surface area contributed by atoms with E-state index in [2.05, 4.69) is 10.6 Å². The van der Waals surface area contributed by atoms with Crippen LogP contribution in [0.3, 0.4) is 0 Å². The van der Waals surface area contributed by atoms with E-state index in [9.17, 15) is 9.90 Å². The van der Waals surface area contributed by atoms with Crippen molar-refractivity contribution in [2.75, 3.05) is 26.8 Å². The molecule has 1 aromatic carbocycles. The molecule has 0 aliphatic carbocycles. The maximum Gasteiger partial charge on any atom is 0.234 e. The molecule has 0 unspecified atom stereocenters. The molecule has 0 bridgehead atoms. The number of hydrogen-bond donors (Lipinski definition) is 3. The molecule has 1 amide bonds. The molecule has 0 spiro atoms. The number of amides is 1. The van der Waals surface area contributed by atoms with Crippen LogP contribution in [0.1, 0.15) is 5.56 Å². The molecule has 0 saturated heterocycles. The van der Waals surface area contributed by atoms with E-state index < -0.39 is 0 Å². The predicted molar refractivity (Wildman–Crippen MR) is 69.7 cm³/mol. The van der Waals surface area contributed by atoms with Crippen LogP contribution in [0.5, 0.6) is 5.75 Å². The SMILES string of the molecule is COCCNC(=O)CNCc1cccc(Cl)c1O. The van der Waals surface area contributed by atoms with Crippen LogP contribution in [0.4, 0.5) is 0 Å². The first-order valence-electron chi connectivity index (χ1n) is 5.58. The zero-order valence-corrected chi connectivity index (χ0v) is 11.0. The van der Waals surface area contributed by atoms with Crippen molar-refractivity contribution in [2.45, 2.75) is 6.54 Å². The Morgan fingerprint density at radius 1 is 1.50 bits per heavy atom. The summed E-state index contributed by atoms with van der Waals surface area (Å²) in [6, 6.07) is 5.10. The van der Waals surface area contributed by atoms with Gasteiger partial charge in [0.1, 0.15) is 5.75 Å². The first kappa shape index (κ1) is 14.8. The second-order valence-corrected chi connectivity index (χ2v) is 4.10. The predicted octanol–water partition coefficient (Wildman–Crippen LogP) is 0.898. The van der Waals surface area contributed by atoms with Gasteiger partial charge in [-0.25, -0.2) is 0 Å². The standard InChI is InChI=1S/C12H17ClN2O3/c1-18-6-5-15-11(16)8-14-7-9-3-2-4-10(13)12(9)17/h2-4,14,17H,5-8H2,1H3,(H,15,16). The number of carbonyl (C=O) groups is 1. The molecule has 1 aromatic rings. The highest BCUT2D eigenvalue weighted by atomic mass is 35.5. The Balaban J connectivity index is 2.29. The largest absolute Gasteiger partial charge is 0.506 e. The Labute approximate surface area is 111 Å². The summed E-state index contributed by atoms with van der Waals surface area (Å²) in [7, 11) is 1.58. The lowest BCUT2D eigenvalue weighted by Gasteiger charge is -2.08. The van der Waals surface area contributed by atoms with Crippen LogP contribution in [0, 0.1) is 0 Å². The zero-order valence-electron chi connectivity index (χ0n) is 10.2. The van der Waals surface area contributed by atoms with Gasteiger partial charge in [-0.05, 0) is 6.07 Å². The van der Waals surface area contributed by atoms with Gasteiger partial charge in [0, 0.05) is 25.8 Å². The molecule has 3 N–H and O–H groups in total. The highest BCUT2D eigenvalue weighted by molar-refractivity contribution is 6.32. The summed E-state index contributed by atoms with van der Waals surface area (Å²) in [5.41, 5.74) is 0.659. The molecular formula is C12H17ClN2O3. The van der Waals surface area contributed by atoms with Crippen molar-refractivity contribution in [3.63, 3.8) is 0 Å². The summed E-state index contributed by atoms with van der Waals surface area (Å²) in [6.45, 7) is 1.53. The van der Waals surface area contributed by atoms with Crippen LogP contribution < -0.4 is 10.6 Å². The van der Waals surface area contributed by atoms with Crippen molar-refractivity contribution in [3.05, 3.63) is 28.8 Å². The second-order valence-electron chi connectivity index (χ2n) is 3.69. The number of ether oxygens (including phenoxy) is 1. The van der Waals surface area contributed by atoms with E-state index in [1.54, 1.807) is 25.3 Å². The van der Waals surface area contributed by atoms with Crippen LogP contribution in [-0.4, -0.2) is 37.8 Å². The lowest BCUT2D eigenvalue weighted by Crippen LogP contribution is -2.35. The number of halogens is 1. The topological polar surface area (TPSA) is 70.6 Å². The number of benzene rings is 1. The minimum atomic E-state index is -0.117. The number of methoxy groups -OCH3 is 1. The maximum atomic E-state index is 11.3. The number of hydrogen-bond acceptors (Lipinski definition) is 4. The number of phenols is 1. The molecule has 0 aliphatic heterocycles.